The third-order valence-electron chi connectivity index (χ3n) is 2.59. The highest BCUT2D eigenvalue weighted by molar-refractivity contribution is 5.80. The Labute approximate surface area is 104 Å². The molecule has 1 N–H and O–H groups in total. The second-order valence-electron chi connectivity index (χ2n) is 4.23. The zero-order valence-electron chi connectivity index (χ0n) is 11.5. The first-order valence-corrected chi connectivity index (χ1v) is 5.94. The summed E-state index contributed by atoms with van der Waals surface area (Å²) in [6.07, 6.45) is 0.533. The highest BCUT2D eigenvalue weighted by Gasteiger charge is 2.35. The van der Waals surface area contributed by atoms with E-state index in [1.165, 1.54) is 7.11 Å². The lowest BCUT2D eigenvalue weighted by Gasteiger charge is -2.30. The summed E-state index contributed by atoms with van der Waals surface area (Å²) in [4.78, 5) is 11.7. The highest BCUT2D eigenvalue weighted by Crippen LogP contribution is 2.16. The predicted molar refractivity (Wildman–Crippen MR) is 66.0 cm³/mol. The molecule has 0 fully saturated rings. The summed E-state index contributed by atoms with van der Waals surface area (Å²) in [5.41, 5.74) is -0.698. The number of rotatable bonds is 9. The second-order valence-corrected chi connectivity index (χ2v) is 4.23. The Morgan fingerprint density at radius 1 is 1.35 bits per heavy atom. The molecular weight excluding hydrogens is 222 g/mol. The zero-order valence-corrected chi connectivity index (χ0v) is 11.5. The Bertz CT molecular complexity index is 223. The van der Waals surface area contributed by atoms with Crippen LogP contribution in [0, 0.1) is 0 Å². The number of esters is 1. The SMILES string of the molecule is CCNC(C)(CC(C)OCCOC)C(=O)OC. The van der Waals surface area contributed by atoms with Crippen molar-refractivity contribution in [3.63, 3.8) is 0 Å². The average molecular weight is 247 g/mol. The quantitative estimate of drug-likeness (QED) is 0.486. The maximum Gasteiger partial charge on any atom is 0.325 e. The standard InChI is InChI=1S/C12H25NO4/c1-6-13-12(3,11(14)16-5)9-10(2)17-8-7-15-4/h10,13H,6-9H2,1-5H3. The fourth-order valence-corrected chi connectivity index (χ4v) is 1.81. The van der Waals surface area contributed by atoms with Crippen LogP contribution in [0.2, 0.25) is 0 Å². The number of ether oxygens (including phenoxy) is 3. The maximum absolute atomic E-state index is 11.7. The highest BCUT2D eigenvalue weighted by atomic mass is 16.5. The molecule has 2 unspecified atom stereocenters. The van der Waals surface area contributed by atoms with Crippen LogP contribution < -0.4 is 5.32 Å². The van der Waals surface area contributed by atoms with Crippen LogP contribution in [0.5, 0.6) is 0 Å². The van der Waals surface area contributed by atoms with Gasteiger partial charge in [-0.3, -0.25) is 4.79 Å². The number of carbonyl (C=O) groups is 1. The summed E-state index contributed by atoms with van der Waals surface area (Å²) < 4.78 is 15.3. The van der Waals surface area contributed by atoms with E-state index in [-0.39, 0.29) is 12.1 Å². The molecule has 0 aliphatic rings. The second kappa shape index (κ2) is 8.44. The first kappa shape index (κ1) is 16.4. The molecule has 0 aromatic heterocycles. The van der Waals surface area contributed by atoms with Gasteiger partial charge in [0.2, 0.25) is 0 Å². The fraction of sp³-hybridized carbons (Fsp3) is 0.917. The van der Waals surface area contributed by atoms with E-state index >= 15 is 0 Å². The van der Waals surface area contributed by atoms with Crippen molar-refractivity contribution in [2.45, 2.75) is 38.8 Å². The summed E-state index contributed by atoms with van der Waals surface area (Å²) in [5.74, 6) is -0.262. The molecule has 0 heterocycles. The minimum atomic E-state index is -0.698. The molecule has 0 radical (unpaired) electrons. The molecule has 0 bridgehead atoms. The monoisotopic (exact) mass is 247 g/mol. The third kappa shape index (κ3) is 6.00. The first-order chi connectivity index (χ1) is 8.00. The molecule has 102 valence electrons. The van der Waals surface area contributed by atoms with Crippen LogP contribution in [0.4, 0.5) is 0 Å². The van der Waals surface area contributed by atoms with Gasteiger partial charge >= 0.3 is 5.97 Å². The molecule has 0 amide bonds. The normalized spacial score (nSPS) is 16.3. The van der Waals surface area contributed by atoms with Gasteiger partial charge in [-0.1, -0.05) is 6.92 Å². The van der Waals surface area contributed by atoms with E-state index in [0.717, 1.165) is 0 Å². The lowest BCUT2D eigenvalue weighted by Crippen LogP contribution is -2.52. The molecular formula is C12H25NO4. The van der Waals surface area contributed by atoms with Crippen LogP contribution in [0.25, 0.3) is 0 Å². The number of carbonyl (C=O) groups excluding carboxylic acids is 1. The van der Waals surface area contributed by atoms with E-state index in [0.29, 0.717) is 26.2 Å². The van der Waals surface area contributed by atoms with Crippen molar-refractivity contribution in [1.82, 2.24) is 5.32 Å². The van der Waals surface area contributed by atoms with E-state index in [4.69, 9.17) is 14.2 Å². The van der Waals surface area contributed by atoms with E-state index in [1.807, 2.05) is 20.8 Å². The summed E-state index contributed by atoms with van der Waals surface area (Å²) in [6, 6.07) is 0. The van der Waals surface area contributed by atoms with Gasteiger partial charge in [-0.2, -0.15) is 0 Å². The largest absolute Gasteiger partial charge is 0.468 e. The summed E-state index contributed by atoms with van der Waals surface area (Å²) in [7, 11) is 3.03. The van der Waals surface area contributed by atoms with Crippen molar-refractivity contribution < 1.29 is 19.0 Å². The van der Waals surface area contributed by atoms with Crippen LogP contribution in [0.3, 0.4) is 0 Å². The van der Waals surface area contributed by atoms with Crippen molar-refractivity contribution >= 4 is 5.97 Å². The number of likely N-dealkylation sites (N-methyl/N-ethyl adjacent to an activating group) is 1. The Hall–Kier alpha value is -0.650. The predicted octanol–water partition coefficient (Wildman–Crippen LogP) is 0.969. The summed E-state index contributed by atoms with van der Waals surface area (Å²) in [5, 5.41) is 3.15. The molecule has 0 aromatic carbocycles. The third-order valence-corrected chi connectivity index (χ3v) is 2.59. The van der Waals surface area contributed by atoms with Gasteiger partial charge in [0.05, 0.1) is 26.4 Å². The molecule has 0 aromatic rings. The van der Waals surface area contributed by atoms with Crippen molar-refractivity contribution in [3.05, 3.63) is 0 Å². The van der Waals surface area contributed by atoms with Crippen molar-refractivity contribution in [2.24, 2.45) is 0 Å². The minimum Gasteiger partial charge on any atom is -0.468 e. The van der Waals surface area contributed by atoms with Gasteiger partial charge in [-0.05, 0) is 20.4 Å². The van der Waals surface area contributed by atoms with Gasteiger partial charge < -0.3 is 19.5 Å². The van der Waals surface area contributed by atoms with Crippen molar-refractivity contribution in [3.8, 4) is 0 Å². The lowest BCUT2D eigenvalue weighted by molar-refractivity contribution is -0.149. The number of hydrogen-bond acceptors (Lipinski definition) is 5. The fourth-order valence-electron chi connectivity index (χ4n) is 1.81. The van der Waals surface area contributed by atoms with Crippen LogP contribution in [-0.4, -0.2) is 51.6 Å². The average Bonchev–Trinajstić information content (AvgIpc) is 2.28. The number of hydrogen-bond donors (Lipinski definition) is 1. The van der Waals surface area contributed by atoms with Crippen LogP contribution in [-0.2, 0) is 19.0 Å². The molecule has 0 saturated carbocycles. The first-order valence-electron chi connectivity index (χ1n) is 5.94. The van der Waals surface area contributed by atoms with Gasteiger partial charge in [-0.15, -0.1) is 0 Å². The molecule has 0 spiro atoms. The van der Waals surface area contributed by atoms with E-state index < -0.39 is 5.54 Å². The minimum absolute atomic E-state index is 0.0340. The van der Waals surface area contributed by atoms with Crippen LogP contribution in [0.1, 0.15) is 27.2 Å². The van der Waals surface area contributed by atoms with Gasteiger partial charge in [0.15, 0.2) is 0 Å². The van der Waals surface area contributed by atoms with Crippen molar-refractivity contribution in [2.75, 3.05) is 34.0 Å². The molecule has 0 aliphatic heterocycles. The van der Waals surface area contributed by atoms with Crippen molar-refractivity contribution in [1.29, 1.82) is 0 Å². The maximum atomic E-state index is 11.7. The van der Waals surface area contributed by atoms with E-state index in [2.05, 4.69) is 5.32 Å². The van der Waals surface area contributed by atoms with E-state index in [1.54, 1.807) is 7.11 Å². The van der Waals surface area contributed by atoms with Crippen LogP contribution in [0.15, 0.2) is 0 Å². The molecule has 2 atom stereocenters. The van der Waals surface area contributed by atoms with Gasteiger partial charge in [0.1, 0.15) is 5.54 Å². The van der Waals surface area contributed by atoms with E-state index in [9.17, 15) is 4.79 Å². The van der Waals surface area contributed by atoms with Gasteiger partial charge in [-0.25, -0.2) is 0 Å². The molecule has 5 heteroatoms. The summed E-state index contributed by atoms with van der Waals surface area (Å²) >= 11 is 0. The molecule has 17 heavy (non-hydrogen) atoms. The lowest BCUT2D eigenvalue weighted by atomic mass is 9.94. The van der Waals surface area contributed by atoms with Crippen LogP contribution >= 0.6 is 0 Å². The Balaban J connectivity index is 4.27. The summed E-state index contributed by atoms with van der Waals surface area (Å²) in [6.45, 7) is 7.52. The molecule has 5 nitrogen and oxygen atoms in total. The van der Waals surface area contributed by atoms with Gasteiger partial charge in [0.25, 0.3) is 0 Å². The Morgan fingerprint density at radius 2 is 2.00 bits per heavy atom. The zero-order chi connectivity index (χ0) is 13.3. The Morgan fingerprint density at radius 3 is 2.47 bits per heavy atom. The number of methoxy groups -OCH3 is 2. The topological polar surface area (TPSA) is 56.8 Å². The molecule has 0 saturated heterocycles. The smallest absolute Gasteiger partial charge is 0.325 e. The van der Waals surface area contributed by atoms with Gasteiger partial charge in [0, 0.05) is 13.5 Å². The Kier molecular flexibility index (Phi) is 8.12. The molecule has 0 aliphatic carbocycles. The molecule has 0 rings (SSSR count). The number of nitrogens with one attached hydrogen (secondary N) is 1.